The van der Waals surface area contributed by atoms with Crippen LogP contribution < -0.4 is 15.4 Å². The Balaban J connectivity index is 1.71. The Morgan fingerprint density at radius 1 is 1.04 bits per heavy atom. The third-order valence-corrected chi connectivity index (χ3v) is 3.89. The van der Waals surface area contributed by atoms with Crippen LogP contribution in [0.1, 0.15) is 12.0 Å². The van der Waals surface area contributed by atoms with Crippen molar-refractivity contribution in [2.75, 3.05) is 39.6 Å². The molecule has 0 bridgehead atoms. The first-order valence-corrected chi connectivity index (χ1v) is 8.56. The van der Waals surface area contributed by atoms with E-state index in [2.05, 4.69) is 44.8 Å². The highest BCUT2D eigenvalue weighted by Crippen LogP contribution is 2.12. The van der Waals surface area contributed by atoms with E-state index in [0.717, 1.165) is 43.5 Å². The average Bonchev–Trinajstić information content (AvgIpc) is 2.66. The summed E-state index contributed by atoms with van der Waals surface area (Å²) >= 11 is 0. The minimum absolute atomic E-state index is 0.798. The first-order chi connectivity index (χ1) is 12.2. The lowest BCUT2D eigenvalue weighted by Crippen LogP contribution is -2.39. The maximum absolute atomic E-state index is 5.20. The Morgan fingerprint density at radius 3 is 2.40 bits per heavy atom. The number of hydrogen-bond acceptors (Lipinski definition) is 3. The summed E-state index contributed by atoms with van der Waals surface area (Å²) in [7, 11) is 5.54. The van der Waals surface area contributed by atoms with E-state index < -0.39 is 0 Å². The highest BCUT2D eigenvalue weighted by atomic mass is 16.5. The van der Waals surface area contributed by atoms with E-state index in [0.29, 0.717) is 0 Å². The summed E-state index contributed by atoms with van der Waals surface area (Å²) in [6.45, 7) is 2.60. The fraction of sp³-hybridized carbons (Fsp3) is 0.350. The third kappa shape index (κ3) is 6.37. The Bertz CT molecular complexity index is 641. The molecule has 0 aliphatic rings. The first-order valence-electron chi connectivity index (χ1n) is 8.56. The summed E-state index contributed by atoms with van der Waals surface area (Å²) in [5.74, 6) is 1.77. The average molecular weight is 340 g/mol. The Morgan fingerprint density at radius 2 is 1.76 bits per heavy atom. The topological polar surface area (TPSA) is 48.9 Å². The summed E-state index contributed by atoms with van der Waals surface area (Å²) < 4.78 is 5.20. The number of anilines is 1. The van der Waals surface area contributed by atoms with Gasteiger partial charge in [-0.15, -0.1) is 0 Å². The van der Waals surface area contributed by atoms with Crippen LogP contribution in [0.15, 0.2) is 59.6 Å². The van der Waals surface area contributed by atoms with Crippen molar-refractivity contribution in [2.24, 2.45) is 4.99 Å². The smallest absolute Gasteiger partial charge is 0.193 e. The molecule has 0 saturated heterocycles. The van der Waals surface area contributed by atoms with Gasteiger partial charge in [0.05, 0.1) is 7.11 Å². The molecule has 2 N–H and O–H groups in total. The molecular weight excluding hydrogens is 312 g/mol. The quantitative estimate of drug-likeness (QED) is 0.440. The molecule has 0 saturated carbocycles. The molecule has 0 fully saturated rings. The zero-order valence-corrected chi connectivity index (χ0v) is 15.3. The number of hydrogen-bond donors (Lipinski definition) is 2. The molecule has 0 amide bonds. The van der Waals surface area contributed by atoms with Gasteiger partial charge in [0.2, 0.25) is 0 Å². The highest BCUT2D eigenvalue weighted by Gasteiger charge is 2.06. The summed E-state index contributed by atoms with van der Waals surface area (Å²) in [5.41, 5.74) is 2.38. The second kappa shape index (κ2) is 10.2. The summed E-state index contributed by atoms with van der Waals surface area (Å²) in [6.07, 6.45) is 1.02. The third-order valence-electron chi connectivity index (χ3n) is 3.89. The Kier molecular flexibility index (Phi) is 7.63. The zero-order chi connectivity index (χ0) is 17.9. The van der Waals surface area contributed by atoms with E-state index >= 15 is 0 Å². The molecule has 134 valence electrons. The molecule has 0 aliphatic carbocycles. The minimum atomic E-state index is 0.798. The second-order valence-electron chi connectivity index (χ2n) is 5.82. The number of para-hydroxylation sites is 1. The highest BCUT2D eigenvalue weighted by molar-refractivity contribution is 5.79. The molecule has 0 radical (unpaired) electrons. The molecule has 0 aliphatic heterocycles. The van der Waals surface area contributed by atoms with Crippen molar-refractivity contribution in [3.05, 3.63) is 60.2 Å². The van der Waals surface area contributed by atoms with E-state index in [1.807, 2.05) is 44.4 Å². The molecular formula is C20H28N4O. The molecule has 25 heavy (non-hydrogen) atoms. The van der Waals surface area contributed by atoms with Crippen LogP contribution in [-0.4, -0.2) is 45.2 Å². The van der Waals surface area contributed by atoms with Crippen LogP contribution in [-0.2, 0) is 6.54 Å². The first kappa shape index (κ1) is 18.6. The Labute approximate surface area is 150 Å². The van der Waals surface area contributed by atoms with Gasteiger partial charge < -0.3 is 20.3 Å². The van der Waals surface area contributed by atoms with Crippen molar-refractivity contribution in [1.29, 1.82) is 0 Å². The van der Waals surface area contributed by atoms with Gasteiger partial charge in [0.25, 0.3) is 0 Å². The van der Waals surface area contributed by atoms with Crippen LogP contribution in [0.5, 0.6) is 5.75 Å². The minimum Gasteiger partial charge on any atom is -0.497 e. The normalized spacial score (nSPS) is 11.1. The van der Waals surface area contributed by atoms with Crippen LogP contribution in [0.2, 0.25) is 0 Å². The van der Waals surface area contributed by atoms with Gasteiger partial charge in [0.15, 0.2) is 5.96 Å². The fourth-order valence-electron chi connectivity index (χ4n) is 2.54. The van der Waals surface area contributed by atoms with Gasteiger partial charge in [0, 0.05) is 39.4 Å². The largest absolute Gasteiger partial charge is 0.497 e. The summed E-state index contributed by atoms with van der Waals surface area (Å²) in [5, 5.41) is 6.82. The SMILES string of the molecule is CN=C(NCCCNc1ccccc1)N(C)Cc1ccc(OC)cc1. The number of methoxy groups -OCH3 is 1. The van der Waals surface area contributed by atoms with E-state index in [-0.39, 0.29) is 0 Å². The van der Waals surface area contributed by atoms with Crippen molar-refractivity contribution in [1.82, 2.24) is 10.2 Å². The Hall–Kier alpha value is -2.69. The maximum atomic E-state index is 5.20. The lowest BCUT2D eigenvalue weighted by atomic mass is 10.2. The van der Waals surface area contributed by atoms with Gasteiger partial charge >= 0.3 is 0 Å². The molecule has 0 spiro atoms. The van der Waals surface area contributed by atoms with Crippen LogP contribution in [0.3, 0.4) is 0 Å². The molecule has 0 aromatic heterocycles. The molecule has 2 aromatic rings. The van der Waals surface area contributed by atoms with E-state index in [9.17, 15) is 0 Å². The van der Waals surface area contributed by atoms with Crippen molar-refractivity contribution < 1.29 is 4.74 Å². The number of ether oxygens (including phenoxy) is 1. The molecule has 5 nitrogen and oxygen atoms in total. The van der Waals surface area contributed by atoms with E-state index in [1.54, 1.807) is 7.11 Å². The van der Waals surface area contributed by atoms with E-state index in [4.69, 9.17) is 4.74 Å². The van der Waals surface area contributed by atoms with Gasteiger partial charge in [0.1, 0.15) is 5.75 Å². The number of guanidine groups is 1. The molecule has 0 unspecified atom stereocenters. The summed E-state index contributed by atoms with van der Waals surface area (Å²) in [4.78, 5) is 6.48. The molecule has 0 atom stereocenters. The monoisotopic (exact) mass is 340 g/mol. The number of aliphatic imine (C=N–C) groups is 1. The predicted molar refractivity (Wildman–Crippen MR) is 105 cm³/mol. The zero-order valence-electron chi connectivity index (χ0n) is 15.3. The van der Waals surface area contributed by atoms with Crippen LogP contribution >= 0.6 is 0 Å². The standard InChI is InChI=1S/C20H28N4O/c1-21-20(23-15-7-14-22-18-8-5-4-6-9-18)24(2)16-17-10-12-19(25-3)13-11-17/h4-6,8-13,22H,7,14-16H2,1-3H3,(H,21,23). The van der Waals surface area contributed by atoms with Gasteiger partial charge in [-0.25, -0.2) is 0 Å². The van der Waals surface area contributed by atoms with Crippen LogP contribution in [0.4, 0.5) is 5.69 Å². The number of benzene rings is 2. The fourth-order valence-corrected chi connectivity index (χ4v) is 2.54. The van der Waals surface area contributed by atoms with Crippen molar-refractivity contribution in [3.63, 3.8) is 0 Å². The molecule has 2 aromatic carbocycles. The van der Waals surface area contributed by atoms with Crippen molar-refractivity contribution in [2.45, 2.75) is 13.0 Å². The number of nitrogens with one attached hydrogen (secondary N) is 2. The van der Waals surface area contributed by atoms with Gasteiger partial charge in [-0.1, -0.05) is 30.3 Å². The predicted octanol–water partition coefficient (Wildman–Crippen LogP) is 3.20. The summed E-state index contributed by atoms with van der Waals surface area (Å²) in [6, 6.07) is 18.4. The van der Waals surface area contributed by atoms with Crippen LogP contribution in [0, 0.1) is 0 Å². The van der Waals surface area contributed by atoms with Gasteiger partial charge in [-0.2, -0.15) is 0 Å². The van der Waals surface area contributed by atoms with E-state index in [1.165, 1.54) is 5.56 Å². The van der Waals surface area contributed by atoms with Crippen molar-refractivity contribution in [3.8, 4) is 5.75 Å². The van der Waals surface area contributed by atoms with Gasteiger partial charge in [-0.05, 0) is 36.2 Å². The molecule has 5 heteroatoms. The number of nitrogens with zero attached hydrogens (tertiary/aromatic N) is 2. The molecule has 2 rings (SSSR count). The lowest BCUT2D eigenvalue weighted by molar-refractivity contribution is 0.414. The molecule has 0 heterocycles. The van der Waals surface area contributed by atoms with Crippen LogP contribution in [0.25, 0.3) is 0 Å². The van der Waals surface area contributed by atoms with Gasteiger partial charge in [-0.3, -0.25) is 4.99 Å². The number of rotatable bonds is 8. The maximum Gasteiger partial charge on any atom is 0.193 e. The lowest BCUT2D eigenvalue weighted by Gasteiger charge is -2.22. The second-order valence-corrected chi connectivity index (χ2v) is 5.82. The van der Waals surface area contributed by atoms with Crippen molar-refractivity contribution >= 4 is 11.6 Å².